The average molecular weight is 488 g/mol. The number of nitrogens with zero attached hydrogens (tertiary/aromatic N) is 2. The lowest BCUT2D eigenvalue weighted by molar-refractivity contribution is -0.121. The second-order valence-corrected chi connectivity index (χ2v) is 9.57. The van der Waals surface area contributed by atoms with Gasteiger partial charge >= 0.3 is 0 Å². The van der Waals surface area contributed by atoms with E-state index in [1.807, 2.05) is 13.0 Å². The molecule has 1 fully saturated rings. The van der Waals surface area contributed by atoms with E-state index in [-0.39, 0.29) is 17.3 Å². The Morgan fingerprint density at radius 2 is 2.00 bits per heavy atom. The highest BCUT2D eigenvalue weighted by Gasteiger charge is 2.46. The first-order chi connectivity index (χ1) is 15.8. The number of imidazole rings is 1. The summed E-state index contributed by atoms with van der Waals surface area (Å²) >= 11 is 12.5. The number of hydrogen-bond donors (Lipinski definition) is 2. The third-order valence-corrected chi connectivity index (χ3v) is 7.23. The molecule has 1 aromatic heterocycles. The number of fused-ring (bicyclic) bond motifs is 1. The van der Waals surface area contributed by atoms with Crippen LogP contribution in [0.1, 0.15) is 52.4 Å². The largest absolute Gasteiger partial charge is 0.503 e. The third kappa shape index (κ3) is 4.46. The molecule has 1 saturated carbocycles. The summed E-state index contributed by atoms with van der Waals surface area (Å²) < 4.78 is 0. The van der Waals surface area contributed by atoms with Crippen molar-refractivity contribution in [2.45, 2.75) is 58.4 Å². The van der Waals surface area contributed by atoms with Gasteiger partial charge < -0.3 is 10.1 Å². The Balaban J connectivity index is 1.86. The van der Waals surface area contributed by atoms with E-state index in [2.05, 4.69) is 9.97 Å². The van der Waals surface area contributed by atoms with Crippen LogP contribution >= 0.6 is 23.2 Å². The molecule has 1 amide bonds. The maximum Gasteiger partial charge on any atom is 0.294 e. The van der Waals surface area contributed by atoms with Crippen molar-refractivity contribution in [3.05, 3.63) is 57.6 Å². The van der Waals surface area contributed by atoms with E-state index in [1.165, 1.54) is 4.90 Å². The number of ketones is 1. The second-order valence-electron chi connectivity index (χ2n) is 8.60. The normalized spacial score (nSPS) is 21.2. The van der Waals surface area contributed by atoms with Crippen molar-refractivity contribution < 1.29 is 14.7 Å². The van der Waals surface area contributed by atoms with Crippen LogP contribution in [0.25, 0.3) is 11.0 Å². The molecule has 1 aromatic carbocycles. The zero-order chi connectivity index (χ0) is 23.7. The van der Waals surface area contributed by atoms with Crippen LogP contribution in [0.5, 0.6) is 0 Å². The van der Waals surface area contributed by atoms with Gasteiger partial charge in [-0.25, -0.2) is 4.98 Å². The molecule has 2 heterocycles. The van der Waals surface area contributed by atoms with Gasteiger partial charge in [0.2, 0.25) is 0 Å². The summed E-state index contributed by atoms with van der Waals surface area (Å²) in [5.74, 6) is -1.44. The van der Waals surface area contributed by atoms with Crippen molar-refractivity contribution >= 4 is 51.6 Å². The maximum absolute atomic E-state index is 13.6. The molecule has 33 heavy (non-hydrogen) atoms. The Labute approximate surface area is 203 Å². The average Bonchev–Trinajstić information content (AvgIpc) is 3.39. The Morgan fingerprint density at radius 3 is 2.67 bits per heavy atom. The highest BCUT2D eigenvalue weighted by molar-refractivity contribution is 6.40. The van der Waals surface area contributed by atoms with Crippen molar-refractivity contribution in [2.24, 2.45) is 5.92 Å². The lowest BCUT2D eigenvalue weighted by Crippen LogP contribution is -2.39. The Bertz CT molecular complexity index is 1180. The fourth-order valence-electron chi connectivity index (χ4n) is 4.77. The minimum Gasteiger partial charge on any atom is -0.503 e. The monoisotopic (exact) mass is 487 g/mol. The number of anilines is 1. The second kappa shape index (κ2) is 9.74. The molecule has 1 aliphatic heterocycles. The SMILES string of the molecule is CC/C(=C\C(Cl)=C(/C)Cl)C1C(C(=O)C2CCCCC2)=C(O)C(=O)N1c1ccc2[nH]cnc2c1. The quantitative estimate of drug-likeness (QED) is 0.469. The van der Waals surface area contributed by atoms with Gasteiger partial charge in [0.1, 0.15) is 0 Å². The summed E-state index contributed by atoms with van der Waals surface area (Å²) in [6, 6.07) is 4.61. The molecule has 174 valence electrons. The number of aliphatic hydroxyl groups is 1. The van der Waals surface area contributed by atoms with Crippen LogP contribution in [-0.4, -0.2) is 32.8 Å². The molecule has 1 unspecified atom stereocenters. The number of H-pyrrole nitrogens is 1. The van der Waals surface area contributed by atoms with Gasteiger partial charge in [-0.2, -0.15) is 0 Å². The summed E-state index contributed by atoms with van der Waals surface area (Å²) in [7, 11) is 0. The molecular formula is C25H27Cl2N3O3. The molecule has 1 aliphatic carbocycles. The van der Waals surface area contributed by atoms with Gasteiger partial charge in [-0.3, -0.25) is 14.5 Å². The number of aromatic amines is 1. The number of hydrogen-bond acceptors (Lipinski definition) is 4. The van der Waals surface area contributed by atoms with Gasteiger partial charge in [0, 0.05) is 16.6 Å². The van der Waals surface area contributed by atoms with Gasteiger partial charge in [0.15, 0.2) is 11.5 Å². The molecule has 1 atom stereocenters. The van der Waals surface area contributed by atoms with E-state index in [4.69, 9.17) is 23.2 Å². The molecule has 2 N–H and O–H groups in total. The van der Waals surface area contributed by atoms with Crippen LogP contribution in [0.3, 0.4) is 0 Å². The molecule has 6 nitrogen and oxygen atoms in total. The van der Waals surface area contributed by atoms with Gasteiger partial charge in [-0.1, -0.05) is 49.4 Å². The number of allylic oxidation sites excluding steroid dienone is 3. The summed E-state index contributed by atoms with van der Waals surface area (Å²) in [5.41, 5.74) is 2.93. The first-order valence-electron chi connectivity index (χ1n) is 11.3. The van der Waals surface area contributed by atoms with Gasteiger partial charge in [0.25, 0.3) is 5.91 Å². The lowest BCUT2D eigenvalue weighted by atomic mass is 9.80. The van der Waals surface area contributed by atoms with Crippen LogP contribution in [0, 0.1) is 5.92 Å². The van der Waals surface area contributed by atoms with Crippen molar-refractivity contribution in [1.82, 2.24) is 9.97 Å². The van der Waals surface area contributed by atoms with Crippen molar-refractivity contribution in [2.75, 3.05) is 4.90 Å². The standard InChI is InChI=1S/C25H27Cl2N3O3/c1-3-15(11-18(27)14(2)26)22-21(23(31)16-7-5-4-6-8-16)24(32)25(33)30(22)17-9-10-19-20(12-17)29-13-28-19/h9-13,16,22,32H,3-8H2,1-2H3,(H,28,29)/b15-11+,18-14-. The number of carbonyl (C=O) groups excluding carboxylic acids is 2. The molecule has 0 spiro atoms. The molecule has 4 rings (SSSR count). The van der Waals surface area contributed by atoms with E-state index < -0.39 is 17.7 Å². The topological polar surface area (TPSA) is 86.3 Å². The molecule has 0 saturated heterocycles. The van der Waals surface area contributed by atoms with Gasteiger partial charge in [-0.15, -0.1) is 0 Å². The number of rotatable bonds is 6. The predicted octanol–water partition coefficient (Wildman–Crippen LogP) is 6.29. The summed E-state index contributed by atoms with van der Waals surface area (Å²) in [5, 5.41) is 11.7. The van der Waals surface area contributed by atoms with Crippen LogP contribution in [0.4, 0.5) is 5.69 Å². The highest BCUT2D eigenvalue weighted by Crippen LogP contribution is 2.40. The van der Waals surface area contributed by atoms with Crippen molar-refractivity contribution in [1.29, 1.82) is 0 Å². The van der Waals surface area contributed by atoms with E-state index in [9.17, 15) is 14.7 Å². The number of aromatic nitrogens is 2. The number of carbonyl (C=O) groups is 2. The summed E-state index contributed by atoms with van der Waals surface area (Å²) in [6.45, 7) is 3.61. The molecule has 2 aromatic rings. The molecule has 0 bridgehead atoms. The minimum absolute atomic E-state index is 0.152. The zero-order valence-electron chi connectivity index (χ0n) is 18.7. The lowest BCUT2D eigenvalue weighted by Gasteiger charge is -2.30. The van der Waals surface area contributed by atoms with Crippen LogP contribution in [0.15, 0.2) is 57.6 Å². The fourth-order valence-corrected chi connectivity index (χ4v) is 4.96. The molecule has 0 radical (unpaired) electrons. The number of benzene rings is 1. The number of Topliss-reactive ketones (excluding diaryl/α,β-unsaturated/α-hetero) is 1. The number of halogens is 2. The third-order valence-electron chi connectivity index (χ3n) is 6.53. The van der Waals surface area contributed by atoms with E-state index in [1.54, 1.807) is 31.5 Å². The highest BCUT2D eigenvalue weighted by atomic mass is 35.5. The van der Waals surface area contributed by atoms with Gasteiger partial charge in [0.05, 0.1) is 34.0 Å². The minimum atomic E-state index is -0.766. The van der Waals surface area contributed by atoms with Crippen LogP contribution in [0.2, 0.25) is 0 Å². The van der Waals surface area contributed by atoms with E-state index in [0.717, 1.165) is 43.2 Å². The first kappa shape index (κ1) is 23.6. The Kier molecular flexibility index (Phi) is 6.96. The number of aliphatic hydroxyl groups excluding tert-OH is 1. The Hall–Kier alpha value is -2.57. The van der Waals surface area contributed by atoms with Crippen molar-refractivity contribution in [3.63, 3.8) is 0 Å². The van der Waals surface area contributed by atoms with Gasteiger partial charge in [-0.05, 0) is 56.0 Å². The van der Waals surface area contributed by atoms with E-state index in [0.29, 0.717) is 27.7 Å². The smallest absolute Gasteiger partial charge is 0.294 e. The zero-order valence-corrected chi connectivity index (χ0v) is 20.2. The summed E-state index contributed by atoms with van der Waals surface area (Å²) in [4.78, 5) is 35.8. The first-order valence-corrected chi connectivity index (χ1v) is 12.1. The number of amides is 1. The molecule has 2 aliphatic rings. The van der Waals surface area contributed by atoms with Crippen molar-refractivity contribution in [3.8, 4) is 0 Å². The number of nitrogens with one attached hydrogen (secondary N) is 1. The predicted molar refractivity (Wildman–Crippen MR) is 131 cm³/mol. The van der Waals surface area contributed by atoms with Crippen LogP contribution in [-0.2, 0) is 9.59 Å². The molecule has 8 heteroatoms. The van der Waals surface area contributed by atoms with Crippen LogP contribution < -0.4 is 4.90 Å². The van der Waals surface area contributed by atoms with E-state index >= 15 is 0 Å². The molecular weight excluding hydrogens is 461 g/mol. The summed E-state index contributed by atoms with van der Waals surface area (Å²) in [6.07, 6.45) is 8.37. The Morgan fingerprint density at radius 1 is 1.27 bits per heavy atom. The fraction of sp³-hybridized carbons (Fsp3) is 0.400. The maximum atomic E-state index is 13.6.